The number of nitrogens with one attached hydrogen (secondary N) is 1. The van der Waals surface area contributed by atoms with E-state index >= 15 is 0 Å². The summed E-state index contributed by atoms with van der Waals surface area (Å²) in [6.45, 7) is 1.14. The van der Waals surface area contributed by atoms with E-state index in [-0.39, 0.29) is 18.4 Å². The highest BCUT2D eigenvalue weighted by atomic mass is 32.2. The quantitative estimate of drug-likeness (QED) is 0.507. The summed E-state index contributed by atoms with van der Waals surface area (Å²) in [6.07, 6.45) is 6.56. The van der Waals surface area contributed by atoms with Gasteiger partial charge in [0.1, 0.15) is 4.21 Å². The van der Waals surface area contributed by atoms with Crippen molar-refractivity contribution in [3.05, 3.63) is 47.2 Å². The maximum absolute atomic E-state index is 12.8. The van der Waals surface area contributed by atoms with Crippen LogP contribution in [-0.2, 0) is 21.2 Å². The molecule has 1 atom stereocenters. The molecule has 1 unspecified atom stereocenters. The van der Waals surface area contributed by atoms with Crippen LogP contribution >= 0.6 is 23.1 Å². The number of sulfonamides is 1. The molecular formula is C20H25N5O3S3. The molecule has 0 aromatic carbocycles. The van der Waals surface area contributed by atoms with Gasteiger partial charge < -0.3 is 5.32 Å². The van der Waals surface area contributed by atoms with Gasteiger partial charge in [-0.05, 0) is 55.5 Å². The summed E-state index contributed by atoms with van der Waals surface area (Å²) in [5, 5.41) is 11.6. The van der Waals surface area contributed by atoms with Gasteiger partial charge >= 0.3 is 0 Å². The van der Waals surface area contributed by atoms with Crippen LogP contribution in [0, 0.1) is 0 Å². The van der Waals surface area contributed by atoms with Crippen molar-refractivity contribution in [2.75, 3.05) is 25.1 Å². The number of thioether (sulfide) groups is 1. The van der Waals surface area contributed by atoms with E-state index in [1.165, 1.54) is 15.6 Å². The Bertz CT molecular complexity index is 1150. The van der Waals surface area contributed by atoms with Crippen molar-refractivity contribution in [1.29, 1.82) is 0 Å². The second-order valence-corrected chi connectivity index (χ2v) is 11.7. The highest BCUT2D eigenvalue weighted by Crippen LogP contribution is 2.28. The molecular weight excluding hydrogens is 454 g/mol. The van der Waals surface area contributed by atoms with E-state index in [0.717, 1.165) is 35.5 Å². The van der Waals surface area contributed by atoms with Gasteiger partial charge in [0.05, 0.1) is 12.5 Å². The highest BCUT2D eigenvalue weighted by Gasteiger charge is 2.29. The zero-order chi connectivity index (χ0) is 21.8. The molecule has 0 bridgehead atoms. The average molecular weight is 480 g/mol. The molecule has 31 heavy (non-hydrogen) atoms. The number of carbonyl (C=O) groups is 1. The molecule has 3 aromatic heterocycles. The number of aromatic nitrogens is 3. The molecule has 11 heteroatoms. The standard InChI is InChI=1S/C20H25N5O3S3/c1-29-13-9-16(20-23-22-17-6-2-3-12-25(17)20)21-18(26)14-15-7-8-19(30-15)31(27,28)24-10-4-5-11-24/h2-3,6-8,12,16H,4-5,9-11,13-14H2,1H3,(H,21,26). The first-order valence-corrected chi connectivity index (χ1v) is 13.8. The van der Waals surface area contributed by atoms with Crippen LogP contribution in [-0.4, -0.2) is 58.3 Å². The zero-order valence-corrected chi connectivity index (χ0v) is 19.7. The molecule has 4 rings (SSSR count). The van der Waals surface area contributed by atoms with Gasteiger partial charge in [0.2, 0.25) is 5.91 Å². The summed E-state index contributed by atoms with van der Waals surface area (Å²) in [5.74, 6) is 1.40. The van der Waals surface area contributed by atoms with Gasteiger partial charge in [0, 0.05) is 24.2 Å². The van der Waals surface area contributed by atoms with E-state index in [4.69, 9.17) is 0 Å². The molecule has 1 N–H and O–H groups in total. The first-order chi connectivity index (χ1) is 15.0. The molecule has 1 saturated heterocycles. The van der Waals surface area contributed by atoms with Gasteiger partial charge in [-0.3, -0.25) is 9.20 Å². The van der Waals surface area contributed by atoms with E-state index in [1.54, 1.807) is 23.9 Å². The molecule has 0 aliphatic carbocycles. The molecule has 1 fully saturated rings. The number of hydrogen-bond donors (Lipinski definition) is 1. The Balaban J connectivity index is 1.47. The fourth-order valence-electron chi connectivity index (χ4n) is 3.65. The lowest BCUT2D eigenvalue weighted by Crippen LogP contribution is -2.31. The van der Waals surface area contributed by atoms with E-state index < -0.39 is 10.0 Å². The fourth-order valence-corrected chi connectivity index (χ4v) is 7.15. The molecule has 0 spiro atoms. The van der Waals surface area contributed by atoms with Crippen molar-refractivity contribution in [2.45, 2.75) is 35.9 Å². The van der Waals surface area contributed by atoms with Crippen LogP contribution in [0.25, 0.3) is 5.65 Å². The van der Waals surface area contributed by atoms with E-state index in [1.807, 2.05) is 35.1 Å². The van der Waals surface area contributed by atoms with Crippen LogP contribution < -0.4 is 5.32 Å². The largest absolute Gasteiger partial charge is 0.346 e. The fraction of sp³-hybridized carbons (Fsp3) is 0.450. The molecule has 8 nitrogen and oxygen atoms in total. The molecule has 3 aromatic rings. The first kappa shape index (κ1) is 22.3. The van der Waals surface area contributed by atoms with Crippen LogP contribution in [0.15, 0.2) is 40.7 Å². The van der Waals surface area contributed by atoms with Crippen molar-refractivity contribution in [3.8, 4) is 0 Å². The van der Waals surface area contributed by atoms with Gasteiger partial charge in [0.25, 0.3) is 10.0 Å². The third-order valence-electron chi connectivity index (χ3n) is 5.23. The van der Waals surface area contributed by atoms with Crippen molar-refractivity contribution in [3.63, 3.8) is 0 Å². The van der Waals surface area contributed by atoms with Crippen molar-refractivity contribution in [1.82, 2.24) is 24.2 Å². The SMILES string of the molecule is CSCCC(NC(=O)Cc1ccc(S(=O)(=O)N2CCCC2)s1)c1nnc2ccccn12. The summed E-state index contributed by atoms with van der Waals surface area (Å²) in [5.41, 5.74) is 0.732. The number of rotatable bonds is 9. The second-order valence-electron chi connectivity index (χ2n) is 7.40. The maximum atomic E-state index is 12.8. The molecule has 1 amide bonds. The Hall–Kier alpha value is -1.95. The highest BCUT2D eigenvalue weighted by molar-refractivity contribution is 7.98. The first-order valence-electron chi connectivity index (χ1n) is 10.2. The third-order valence-corrected chi connectivity index (χ3v) is 9.32. The summed E-state index contributed by atoms with van der Waals surface area (Å²) < 4.78 is 29.2. The lowest BCUT2D eigenvalue weighted by atomic mass is 10.2. The smallest absolute Gasteiger partial charge is 0.252 e. The minimum absolute atomic E-state index is 0.132. The molecule has 4 heterocycles. The Labute approximate surface area is 190 Å². The Kier molecular flexibility index (Phi) is 6.95. The van der Waals surface area contributed by atoms with Gasteiger partial charge in [0.15, 0.2) is 11.5 Å². The monoisotopic (exact) mass is 479 g/mol. The Morgan fingerprint density at radius 2 is 2.03 bits per heavy atom. The summed E-state index contributed by atoms with van der Waals surface area (Å²) in [4.78, 5) is 13.5. The number of thiophene rings is 1. The van der Waals surface area contributed by atoms with Crippen molar-refractivity contribution >= 4 is 44.7 Å². The van der Waals surface area contributed by atoms with Crippen molar-refractivity contribution in [2.24, 2.45) is 0 Å². The molecule has 0 radical (unpaired) electrons. The van der Waals surface area contributed by atoms with E-state index in [0.29, 0.717) is 23.1 Å². The van der Waals surface area contributed by atoms with Crippen LogP contribution in [0.5, 0.6) is 0 Å². The second kappa shape index (κ2) is 9.68. The summed E-state index contributed by atoms with van der Waals surface area (Å²) in [7, 11) is -3.45. The number of fused-ring (bicyclic) bond motifs is 1. The topological polar surface area (TPSA) is 96.7 Å². The molecule has 166 valence electrons. The lowest BCUT2D eigenvalue weighted by molar-refractivity contribution is -0.121. The summed E-state index contributed by atoms with van der Waals surface area (Å²) in [6, 6.07) is 8.74. The average Bonchev–Trinajstić information content (AvgIpc) is 3.52. The van der Waals surface area contributed by atoms with Gasteiger partial charge in [-0.15, -0.1) is 21.5 Å². The van der Waals surface area contributed by atoms with Gasteiger partial charge in [-0.1, -0.05) is 6.07 Å². The van der Waals surface area contributed by atoms with Crippen LogP contribution in [0.4, 0.5) is 0 Å². The zero-order valence-electron chi connectivity index (χ0n) is 17.2. The third kappa shape index (κ3) is 4.94. The minimum Gasteiger partial charge on any atom is -0.346 e. The molecule has 1 aliphatic heterocycles. The number of hydrogen-bond acceptors (Lipinski definition) is 7. The van der Waals surface area contributed by atoms with Crippen LogP contribution in [0.2, 0.25) is 0 Å². The van der Waals surface area contributed by atoms with Crippen molar-refractivity contribution < 1.29 is 13.2 Å². The predicted octanol–water partition coefficient (Wildman–Crippen LogP) is 2.73. The number of pyridine rings is 1. The Morgan fingerprint density at radius 3 is 2.81 bits per heavy atom. The van der Waals surface area contributed by atoms with Crippen LogP contribution in [0.3, 0.4) is 0 Å². The molecule has 0 saturated carbocycles. The number of amides is 1. The Morgan fingerprint density at radius 1 is 1.23 bits per heavy atom. The van der Waals surface area contributed by atoms with Gasteiger partial charge in [-0.25, -0.2) is 8.42 Å². The number of nitrogens with zero attached hydrogens (tertiary/aromatic N) is 4. The van der Waals surface area contributed by atoms with E-state index in [9.17, 15) is 13.2 Å². The molecule has 1 aliphatic rings. The van der Waals surface area contributed by atoms with E-state index in [2.05, 4.69) is 15.5 Å². The summed E-state index contributed by atoms with van der Waals surface area (Å²) >= 11 is 2.88. The maximum Gasteiger partial charge on any atom is 0.252 e. The minimum atomic E-state index is -3.45. The lowest BCUT2D eigenvalue weighted by Gasteiger charge is -2.17. The normalized spacial score (nSPS) is 16.0. The number of carbonyl (C=O) groups excluding carboxylic acids is 1. The van der Waals surface area contributed by atoms with Crippen LogP contribution in [0.1, 0.15) is 36.0 Å². The van der Waals surface area contributed by atoms with Gasteiger partial charge in [-0.2, -0.15) is 16.1 Å². The predicted molar refractivity (Wildman–Crippen MR) is 123 cm³/mol.